The molecule has 2 nitrogen and oxygen atoms in total. The molecule has 1 fully saturated rings. The van der Waals surface area contributed by atoms with Crippen LogP contribution in [0.15, 0.2) is 22.7 Å². The fraction of sp³-hybridized carbons (Fsp3) is 0.571. The van der Waals surface area contributed by atoms with Crippen molar-refractivity contribution in [2.45, 2.75) is 44.8 Å². The van der Waals surface area contributed by atoms with Gasteiger partial charge in [0.2, 0.25) is 0 Å². The average molecular weight is 298 g/mol. The van der Waals surface area contributed by atoms with Crippen molar-refractivity contribution in [2.24, 2.45) is 0 Å². The first kappa shape index (κ1) is 12.9. The van der Waals surface area contributed by atoms with Crippen molar-refractivity contribution in [3.8, 4) is 0 Å². The quantitative estimate of drug-likeness (QED) is 0.906. The molecule has 17 heavy (non-hydrogen) atoms. The number of hydrogen-bond acceptors (Lipinski definition) is 2. The summed E-state index contributed by atoms with van der Waals surface area (Å²) in [7, 11) is 1.82. The Kier molecular flexibility index (Phi) is 4.46. The topological polar surface area (TPSA) is 21.3 Å². The lowest BCUT2D eigenvalue weighted by Gasteiger charge is -2.30. The van der Waals surface area contributed by atoms with E-state index in [1.807, 2.05) is 7.11 Å². The van der Waals surface area contributed by atoms with E-state index in [0.717, 1.165) is 6.42 Å². The Morgan fingerprint density at radius 3 is 2.94 bits per heavy atom. The predicted octanol–water partition coefficient (Wildman–Crippen LogP) is 4.13. The number of anilines is 1. The molecule has 2 atom stereocenters. The highest BCUT2D eigenvalue weighted by molar-refractivity contribution is 9.10. The molecule has 0 bridgehead atoms. The molecular formula is C14H20BrNO. The van der Waals surface area contributed by atoms with E-state index in [1.165, 1.54) is 35.0 Å². The second-order valence-corrected chi connectivity index (χ2v) is 5.60. The number of nitrogens with one attached hydrogen (secondary N) is 1. The van der Waals surface area contributed by atoms with Gasteiger partial charge in [0, 0.05) is 23.3 Å². The largest absolute Gasteiger partial charge is 0.381 e. The average Bonchev–Trinajstić information content (AvgIpc) is 2.35. The fourth-order valence-electron chi connectivity index (χ4n) is 2.47. The van der Waals surface area contributed by atoms with Gasteiger partial charge in [0.05, 0.1) is 6.10 Å². The second kappa shape index (κ2) is 5.87. The molecule has 0 aromatic heterocycles. The molecule has 2 unspecified atom stereocenters. The second-order valence-electron chi connectivity index (χ2n) is 4.80. The van der Waals surface area contributed by atoms with E-state index >= 15 is 0 Å². The Bertz CT molecular complexity index is 380. The van der Waals surface area contributed by atoms with E-state index in [0.29, 0.717) is 12.1 Å². The maximum absolute atomic E-state index is 5.46. The lowest BCUT2D eigenvalue weighted by molar-refractivity contribution is 0.0669. The van der Waals surface area contributed by atoms with Crippen molar-refractivity contribution < 1.29 is 4.74 Å². The van der Waals surface area contributed by atoms with Crippen LogP contribution in [-0.4, -0.2) is 19.3 Å². The van der Waals surface area contributed by atoms with Crippen molar-refractivity contribution in [3.63, 3.8) is 0 Å². The van der Waals surface area contributed by atoms with Crippen LogP contribution >= 0.6 is 15.9 Å². The number of halogens is 1. The number of benzene rings is 1. The van der Waals surface area contributed by atoms with Gasteiger partial charge in [0.1, 0.15) is 0 Å². The fourth-order valence-corrected chi connectivity index (χ4v) is 2.85. The molecule has 1 aromatic rings. The summed E-state index contributed by atoms with van der Waals surface area (Å²) in [6.45, 7) is 2.12. The van der Waals surface area contributed by atoms with Gasteiger partial charge in [-0.1, -0.05) is 12.1 Å². The zero-order valence-electron chi connectivity index (χ0n) is 10.5. The Balaban J connectivity index is 2.02. The van der Waals surface area contributed by atoms with Crippen LogP contribution in [0.1, 0.15) is 31.2 Å². The monoisotopic (exact) mass is 297 g/mol. The number of rotatable bonds is 3. The summed E-state index contributed by atoms with van der Waals surface area (Å²) >= 11 is 3.65. The van der Waals surface area contributed by atoms with E-state index in [2.05, 4.69) is 46.4 Å². The summed E-state index contributed by atoms with van der Waals surface area (Å²) in [4.78, 5) is 0. The zero-order valence-corrected chi connectivity index (χ0v) is 12.1. The van der Waals surface area contributed by atoms with Gasteiger partial charge in [-0.15, -0.1) is 0 Å². The minimum absolute atomic E-state index is 0.421. The molecule has 1 aliphatic rings. The third-order valence-corrected chi connectivity index (χ3v) is 4.56. The molecule has 1 N–H and O–H groups in total. The summed E-state index contributed by atoms with van der Waals surface area (Å²) in [5.41, 5.74) is 2.47. The summed E-state index contributed by atoms with van der Waals surface area (Å²) in [6.07, 6.45) is 5.21. The number of ether oxygens (including phenoxy) is 1. The Morgan fingerprint density at radius 2 is 2.18 bits per heavy atom. The zero-order chi connectivity index (χ0) is 12.3. The third-order valence-electron chi connectivity index (χ3n) is 3.51. The van der Waals surface area contributed by atoms with Crippen molar-refractivity contribution in [3.05, 3.63) is 28.2 Å². The van der Waals surface area contributed by atoms with E-state index in [-0.39, 0.29) is 0 Å². The molecule has 94 valence electrons. The normalized spacial score (nSPS) is 24.6. The first-order valence-corrected chi connectivity index (χ1v) is 7.04. The van der Waals surface area contributed by atoms with Gasteiger partial charge in [0.25, 0.3) is 0 Å². The van der Waals surface area contributed by atoms with Crippen molar-refractivity contribution in [1.29, 1.82) is 0 Å². The summed E-state index contributed by atoms with van der Waals surface area (Å²) in [6, 6.07) is 6.88. The minimum atomic E-state index is 0.421. The minimum Gasteiger partial charge on any atom is -0.381 e. The maximum Gasteiger partial charge on any atom is 0.0590 e. The Labute approximate surface area is 112 Å². The van der Waals surface area contributed by atoms with Crippen LogP contribution in [0, 0.1) is 6.92 Å². The van der Waals surface area contributed by atoms with Crippen molar-refractivity contribution in [1.82, 2.24) is 0 Å². The first-order valence-electron chi connectivity index (χ1n) is 6.25. The molecule has 1 aromatic carbocycles. The van der Waals surface area contributed by atoms with Crippen molar-refractivity contribution in [2.75, 3.05) is 12.4 Å². The molecule has 0 amide bonds. The smallest absolute Gasteiger partial charge is 0.0590 e. The van der Waals surface area contributed by atoms with Gasteiger partial charge in [0.15, 0.2) is 0 Å². The summed E-state index contributed by atoms with van der Waals surface area (Å²) < 4.78 is 6.64. The predicted molar refractivity (Wildman–Crippen MR) is 75.6 cm³/mol. The van der Waals surface area contributed by atoms with Crippen LogP contribution in [0.3, 0.4) is 0 Å². The van der Waals surface area contributed by atoms with E-state index < -0.39 is 0 Å². The van der Waals surface area contributed by atoms with Crippen LogP contribution in [0.25, 0.3) is 0 Å². The molecule has 3 heteroatoms. The Hall–Kier alpha value is -0.540. The van der Waals surface area contributed by atoms with Gasteiger partial charge >= 0.3 is 0 Å². The van der Waals surface area contributed by atoms with E-state index in [4.69, 9.17) is 4.74 Å². The third kappa shape index (κ3) is 3.23. The lowest BCUT2D eigenvalue weighted by Crippen LogP contribution is -2.31. The highest BCUT2D eigenvalue weighted by atomic mass is 79.9. The van der Waals surface area contributed by atoms with Gasteiger partial charge in [-0.2, -0.15) is 0 Å². The molecule has 2 rings (SSSR count). The molecule has 1 saturated carbocycles. The standard InChI is InChI=1S/C14H20BrNO/c1-10-5-3-8-13(14(10)15)16-11-6-4-7-12(9-11)17-2/h3,5,8,11-12,16H,4,6-7,9H2,1-2H3. The van der Waals surface area contributed by atoms with Crippen LogP contribution in [0.5, 0.6) is 0 Å². The van der Waals surface area contributed by atoms with E-state index in [1.54, 1.807) is 0 Å². The lowest BCUT2D eigenvalue weighted by atomic mass is 9.92. The SMILES string of the molecule is COC1CCCC(Nc2cccc(C)c2Br)C1. The van der Waals surface area contributed by atoms with Gasteiger partial charge in [-0.25, -0.2) is 0 Å². The molecule has 0 aliphatic heterocycles. The van der Waals surface area contributed by atoms with Crippen LogP contribution in [0.4, 0.5) is 5.69 Å². The van der Waals surface area contributed by atoms with Crippen molar-refractivity contribution >= 4 is 21.6 Å². The molecule has 0 saturated heterocycles. The van der Waals surface area contributed by atoms with Crippen LogP contribution in [0.2, 0.25) is 0 Å². The number of methoxy groups -OCH3 is 1. The van der Waals surface area contributed by atoms with Gasteiger partial charge in [-0.05, 0) is 60.2 Å². The number of aryl methyl sites for hydroxylation is 1. The molecule has 0 radical (unpaired) electrons. The molecule has 0 spiro atoms. The Morgan fingerprint density at radius 1 is 1.35 bits per heavy atom. The van der Waals surface area contributed by atoms with Gasteiger partial charge in [-0.3, -0.25) is 0 Å². The highest BCUT2D eigenvalue weighted by Gasteiger charge is 2.21. The maximum atomic E-state index is 5.46. The van der Waals surface area contributed by atoms with E-state index in [9.17, 15) is 0 Å². The molecular weight excluding hydrogens is 278 g/mol. The molecule has 1 aliphatic carbocycles. The summed E-state index contributed by atoms with van der Waals surface area (Å²) in [5.74, 6) is 0. The van der Waals surface area contributed by atoms with Crippen LogP contribution < -0.4 is 5.32 Å². The summed E-state index contributed by atoms with van der Waals surface area (Å²) in [5, 5.41) is 3.63. The highest BCUT2D eigenvalue weighted by Crippen LogP contribution is 2.29. The van der Waals surface area contributed by atoms with Gasteiger partial charge < -0.3 is 10.1 Å². The first-order chi connectivity index (χ1) is 8.20. The number of hydrogen-bond donors (Lipinski definition) is 1. The molecule has 0 heterocycles. The van der Waals surface area contributed by atoms with Crippen LogP contribution in [-0.2, 0) is 4.74 Å².